The van der Waals surface area contributed by atoms with E-state index in [1.165, 1.54) is 18.2 Å². The summed E-state index contributed by atoms with van der Waals surface area (Å²) >= 11 is 3.19. The molecule has 0 fully saturated rings. The zero-order valence-electron chi connectivity index (χ0n) is 9.50. The lowest BCUT2D eigenvalue weighted by Gasteiger charge is -2.06. The van der Waals surface area contributed by atoms with Gasteiger partial charge in [-0.05, 0) is 6.42 Å². The van der Waals surface area contributed by atoms with Crippen LogP contribution in [0.25, 0.3) is 0 Å². The quantitative estimate of drug-likeness (QED) is 0.356. The molecule has 0 radical (unpaired) electrons. The molecule has 0 aliphatic carbocycles. The average molecular weight is 337 g/mol. The second-order valence-electron chi connectivity index (χ2n) is 3.58. The molecule has 1 N–H and O–H groups in total. The molecule has 0 bridgehead atoms. The van der Waals surface area contributed by atoms with Crippen molar-refractivity contribution in [2.24, 2.45) is 0 Å². The van der Waals surface area contributed by atoms with E-state index in [4.69, 9.17) is 0 Å². The van der Waals surface area contributed by atoms with E-state index >= 15 is 0 Å². The van der Waals surface area contributed by atoms with Crippen molar-refractivity contribution >= 4 is 31.6 Å². The van der Waals surface area contributed by atoms with Crippen LogP contribution in [0.1, 0.15) is 12.0 Å². The third-order valence-corrected chi connectivity index (χ3v) is 4.06. The Morgan fingerprint density at radius 3 is 2.61 bits per heavy atom. The first-order valence-electron chi connectivity index (χ1n) is 5.22. The molecular weight excluding hydrogens is 324 g/mol. The molecule has 0 atom stereocenters. The molecule has 18 heavy (non-hydrogen) atoms. The van der Waals surface area contributed by atoms with Crippen molar-refractivity contribution in [2.75, 3.05) is 11.9 Å². The van der Waals surface area contributed by atoms with Gasteiger partial charge in [-0.15, -0.1) is 0 Å². The zero-order chi connectivity index (χ0) is 13.6. The Balaban J connectivity index is 2.81. The predicted octanol–water partition coefficient (Wildman–Crippen LogP) is 1.80. The molecule has 0 spiro atoms. The fourth-order valence-electron chi connectivity index (χ4n) is 1.36. The van der Waals surface area contributed by atoms with Crippen LogP contribution in [0, 0.1) is 10.1 Å². The van der Waals surface area contributed by atoms with Crippen LogP contribution in [0.2, 0.25) is 0 Å². The number of hydrogen-bond donors (Lipinski definition) is 1. The Kier molecular flexibility index (Phi) is 5.70. The highest BCUT2D eigenvalue weighted by Crippen LogP contribution is 2.19. The summed E-state index contributed by atoms with van der Waals surface area (Å²) in [6.07, 6.45) is 0.663. The van der Waals surface area contributed by atoms with Crippen LogP contribution in [-0.2, 0) is 15.8 Å². The van der Waals surface area contributed by atoms with Gasteiger partial charge in [-0.1, -0.05) is 34.1 Å². The molecule has 0 aromatic heterocycles. The summed E-state index contributed by atoms with van der Waals surface area (Å²) in [5, 5.41) is 11.4. The van der Waals surface area contributed by atoms with Gasteiger partial charge in [0.25, 0.3) is 5.69 Å². The minimum absolute atomic E-state index is 0.177. The fourth-order valence-corrected chi connectivity index (χ4v) is 2.85. The highest BCUT2D eigenvalue weighted by atomic mass is 79.9. The smallest absolute Gasteiger partial charge is 0.258 e. The Bertz CT molecular complexity index is 518. The molecule has 6 nitrogen and oxygen atoms in total. The van der Waals surface area contributed by atoms with E-state index in [0.29, 0.717) is 18.3 Å². The number of nitro groups is 1. The molecule has 0 unspecified atom stereocenters. The number of para-hydroxylation sites is 1. The normalized spacial score (nSPS) is 11.4. The second-order valence-corrected chi connectivity index (χ2v) is 6.18. The predicted molar refractivity (Wildman–Crippen MR) is 72.1 cm³/mol. The summed E-state index contributed by atoms with van der Waals surface area (Å²) in [6.45, 7) is 0.314. The van der Waals surface area contributed by atoms with Crippen LogP contribution in [0.3, 0.4) is 0 Å². The summed E-state index contributed by atoms with van der Waals surface area (Å²) in [6, 6.07) is 5.83. The van der Waals surface area contributed by atoms with Crippen molar-refractivity contribution in [1.82, 2.24) is 4.72 Å². The molecule has 0 aliphatic heterocycles. The number of halogens is 1. The first-order valence-corrected chi connectivity index (χ1v) is 7.99. The van der Waals surface area contributed by atoms with Crippen molar-refractivity contribution in [3.8, 4) is 0 Å². The van der Waals surface area contributed by atoms with Crippen molar-refractivity contribution in [2.45, 2.75) is 12.2 Å². The molecule has 1 rings (SSSR count). The van der Waals surface area contributed by atoms with E-state index in [9.17, 15) is 18.5 Å². The van der Waals surface area contributed by atoms with Gasteiger partial charge in [0.15, 0.2) is 0 Å². The monoisotopic (exact) mass is 336 g/mol. The van der Waals surface area contributed by atoms with Gasteiger partial charge in [-0.3, -0.25) is 10.1 Å². The molecule has 8 heteroatoms. The molecule has 0 amide bonds. The van der Waals surface area contributed by atoms with E-state index in [-0.39, 0.29) is 17.0 Å². The van der Waals surface area contributed by atoms with Crippen LogP contribution >= 0.6 is 15.9 Å². The molecule has 100 valence electrons. The molecular formula is C10H13BrN2O4S. The molecule has 1 aromatic rings. The Hall–Kier alpha value is -0.990. The Morgan fingerprint density at radius 2 is 2.00 bits per heavy atom. The molecule has 0 heterocycles. The summed E-state index contributed by atoms with van der Waals surface area (Å²) in [5.41, 5.74) is 0.0113. The maximum atomic E-state index is 11.7. The average Bonchev–Trinajstić information content (AvgIpc) is 2.29. The van der Waals surface area contributed by atoms with Crippen molar-refractivity contribution in [3.63, 3.8) is 0 Å². The summed E-state index contributed by atoms with van der Waals surface area (Å²) in [7, 11) is -3.54. The van der Waals surface area contributed by atoms with Crippen molar-refractivity contribution < 1.29 is 13.3 Å². The fraction of sp³-hybridized carbons (Fsp3) is 0.400. The lowest BCUT2D eigenvalue weighted by molar-refractivity contribution is -0.385. The van der Waals surface area contributed by atoms with Gasteiger partial charge in [0, 0.05) is 23.5 Å². The topological polar surface area (TPSA) is 89.3 Å². The highest BCUT2D eigenvalue weighted by Gasteiger charge is 2.18. The van der Waals surface area contributed by atoms with E-state index in [1.807, 2.05) is 0 Å². The van der Waals surface area contributed by atoms with E-state index in [0.717, 1.165) is 0 Å². The number of nitrogens with zero attached hydrogens (tertiary/aromatic N) is 1. The number of nitrogens with one attached hydrogen (secondary N) is 1. The number of sulfonamides is 1. The molecule has 0 saturated heterocycles. The number of nitro benzene ring substituents is 1. The zero-order valence-corrected chi connectivity index (χ0v) is 11.9. The minimum Gasteiger partial charge on any atom is -0.258 e. The number of hydrogen-bond acceptors (Lipinski definition) is 4. The van der Waals surface area contributed by atoms with Gasteiger partial charge in [0.05, 0.1) is 10.7 Å². The Labute approximate surface area is 114 Å². The molecule has 0 aliphatic rings. The first-order chi connectivity index (χ1) is 8.46. The van der Waals surface area contributed by atoms with Crippen LogP contribution in [-0.4, -0.2) is 25.2 Å². The summed E-state index contributed by atoms with van der Waals surface area (Å²) < 4.78 is 25.8. The number of benzene rings is 1. The lowest BCUT2D eigenvalue weighted by Crippen LogP contribution is -2.26. The van der Waals surface area contributed by atoms with Gasteiger partial charge in [0.2, 0.25) is 10.0 Å². The maximum absolute atomic E-state index is 11.7. The largest absolute Gasteiger partial charge is 0.273 e. The second kappa shape index (κ2) is 6.81. The highest BCUT2D eigenvalue weighted by molar-refractivity contribution is 9.09. The summed E-state index contributed by atoms with van der Waals surface area (Å²) in [4.78, 5) is 10.2. The molecule has 1 aromatic carbocycles. The van der Waals surface area contributed by atoms with Gasteiger partial charge >= 0.3 is 0 Å². The van der Waals surface area contributed by atoms with Crippen LogP contribution in [0.5, 0.6) is 0 Å². The van der Waals surface area contributed by atoms with Gasteiger partial charge in [0.1, 0.15) is 0 Å². The van der Waals surface area contributed by atoms with E-state index in [1.54, 1.807) is 6.07 Å². The van der Waals surface area contributed by atoms with Crippen LogP contribution in [0.15, 0.2) is 24.3 Å². The number of rotatable bonds is 7. The third kappa shape index (κ3) is 4.71. The van der Waals surface area contributed by atoms with Crippen LogP contribution in [0.4, 0.5) is 5.69 Å². The lowest BCUT2D eigenvalue weighted by atomic mass is 10.2. The standard InChI is InChI=1S/C10H13BrN2O4S/c11-6-3-7-12-18(16,17)8-9-4-1-2-5-10(9)13(14)15/h1-2,4-5,12H,3,6-8H2. The summed E-state index contributed by atoms with van der Waals surface area (Å²) in [5.74, 6) is -0.383. The minimum atomic E-state index is -3.54. The van der Waals surface area contributed by atoms with Crippen molar-refractivity contribution in [1.29, 1.82) is 0 Å². The van der Waals surface area contributed by atoms with Crippen molar-refractivity contribution in [3.05, 3.63) is 39.9 Å². The SMILES string of the molecule is O=[N+]([O-])c1ccccc1CS(=O)(=O)NCCCBr. The van der Waals surface area contributed by atoms with Gasteiger partial charge in [-0.25, -0.2) is 13.1 Å². The van der Waals surface area contributed by atoms with E-state index < -0.39 is 14.9 Å². The number of alkyl halides is 1. The van der Waals surface area contributed by atoms with Crippen LogP contribution < -0.4 is 4.72 Å². The van der Waals surface area contributed by atoms with Gasteiger partial charge < -0.3 is 0 Å². The maximum Gasteiger partial charge on any atom is 0.273 e. The van der Waals surface area contributed by atoms with Gasteiger partial charge in [-0.2, -0.15) is 0 Å². The van der Waals surface area contributed by atoms with E-state index in [2.05, 4.69) is 20.7 Å². The first kappa shape index (κ1) is 15.1. The Morgan fingerprint density at radius 1 is 1.33 bits per heavy atom. The molecule has 0 saturated carbocycles. The third-order valence-electron chi connectivity index (χ3n) is 2.17.